The molecule has 0 aliphatic rings. The van der Waals surface area contributed by atoms with E-state index in [1.165, 1.54) is 257 Å². The van der Waals surface area contributed by atoms with Gasteiger partial charge in [-0.3, -0.25) is 9.59 Å². The molecule has 0 radical (unpaired) electrons. The number of allylic oxidation sites excluding steroid dienone is 5. The molecule has 71 heavy (non-hydrogen) atoms. The third-order valence-corrected chi connectivity index (χ3v) is 14.7. The minimum Gasteiger partial charge on any atom is -0.465 e. The first-order valence-electron chi connectivity index (χ1n) is 31.7. The van der Waals surface area contributed by atoms with E-state index in [1.54, 1.807) is 0 Å². The second kappa shape index (κ2) is 60.6. The fourth-order valence-corrected chi connectivity index (χ4v) is 9.83. The molecule has 0 bridgehead atoms. The lowest BCUT2D eigenvalue weighted by Gasteiger charge is -2.22. The van der Waals surface area contributed by atoms with Crippen molar-refractivity contribution in [2.45, 2.75) is 353 Å². The van der Waals surface area contributed by atoms with Gasteiger partial charge in [0.25, 0.3) is 0 Å². The minimum atomic E-state index is -0.668. The maximum atomic E-state index is 12.5. The van der Waals surface area contributed by atoms with E-state index in [9.17, 15) is 19.8 Å². The zero-order valence-electron chi connectivity index (χ0n) is 47.7. The standard InChI is InChI=1S/C65H123NO5/c1-3-5-7-9-11-13-15-17-19-26-29-33-37-41-45-49-53-57-63(68)62(61-67)66-64(69)58-54-50-46-42-38-34-30-27-24-22-21-23-25-28-32-36-40-44-48-52-56-60-71-65(70)59-55-51-47-43-39-35-31-20-18-16-14-12-10-8-6-4-2/h20,31,36,40,48,52,62-63,67-68H,3-19,21-30,32-35,37-39,41-47,49-51,53-61H2,1-2H3,(H,66,69)/b31-20-,40-36-,52-48-. The molecule has 0 spiro atoms. The summed E-state index contributed by atoms with van der Waals surface area (Å²) in [6, 6.07) is -0.546. The highest BCUT2D eigenvalue weighted by Gasteiger charge is 2.20. The monoisotopic (exact) mass is 998 g/mol. The first-order valence-corrected chi connectivity index (χ1v) is 31.7. The van der Waals surface area contributed by atoms with Crippen LogP contribution in [-0.4, -0.2) is 47.4 Å². The van der Waals surface area contributed by atoms with Gasteiger partial charge < -0.3 is 20.3 Å². The summed E-state index contributed by atoms with van der Waals surface area (Å²) in [5.74, 6) is -0.0800. The zero-order chi connectivity index (χ0) is 51.4. The molecule has 418 valence electrons. The van der Waals surface area contributed by atoms with Crippen LogP contribution in [0, 0.1) is 0 Å². The largest absolute Gasteiger partial charge is 0.465 e. The summed E-state index contributed by atoms with van der Waals surface area (Å²) < 4.78 is 5.42. The van der Waals surface area contributed by atoms with Crippen molar-refractivity contribution in [3.63, 3.8) is 0 Å². The Labute approximate surface area is 443 Å². The first-order chi connectivity index (χ1) is 35.0. The van der Waals surface area contributed by atoms with E-state index in [0.717, 1.165) is 51.4 Å². The molecular weight excluding hydrogens is 875 g/mol. The topological polar surface area (TPSA) is 95.9 Å². The second-order valence-corrected chi connectivity index (χ2v) is 21.7. The quantitative estimate of drug-likeness (QED) is 0.0321. The zero-order valence-corrected chi connectivity index (χ0v) is 47.7. The van der Waals surface area contributed by atoms with Gasteiger partial charge in [-0.25, -0.2) is 0 Å². The van der Waals surface area contributed by atoms with E-state index >= 15 is 0 Å². The fourth-order valence-electron chi connectivity index (χ4n) is 9.83. The van der Waals surface area contributed by atoms with Crippen LogP contribution >= 0.6 is 0 Å². The lowest BCUT2D eigenvalue weighted by atomic mass is 10.0. The molecular formula is C65H123NO5. The van der Waals surface area contributed by atoms with Gasteiger partial charge in [0.15, 0.2) is 0 Å². The van der Waals surface area contributed by atoms with E-state index < -0.39 is 12.1 Å². The summed E-state index contributed by atoms with van der Waals surface area (Å²) in [7, 11) is 0. The number of nitrogens with one attached hydrogen (secondary N) is 1. The molecule has 6 nitrogen and oxygen atoms in total. The number of rotatable bonds is 59. The highest BCUT2D eigenvalue weighted by molar-refractivity contribution is 5.76. The number of ether oxygens (including phenoxy) is 1. The van der Waals surface area contributed by atoms with Crippen molar-refractivity contribution in [3.05, 3.63) is 36.5 Å². The van der Waals surface area contributed by atoms with Gasteiger partial charge in [-0.1, -0.05) is 294 Å². The summed E-state index contributed by atoms with van der Waals surface area (Å²) in [5.41, 5.74) is 0. The van der Waals surface area contributed by atoms with Gasteiger partial charge in [-0.05, 0) is 70.6 Å². The molecule has 3 N–H and O–H groups in total. The van der Waals surface area contributed by atoms with Gasteiger partial charge in [0.2, 0.25) is 5.91 Å². The summed E-state index contributed by atoms with van der Waals surface area (Å²) >= 11 is 0. The number of aliphatic hydroxyl groups is 2. The Morgan fingerprint density at radius 1 is 0.394 bits per heavy atom. The Balaban J connectivity index is 3.45. The van der Waals surface area contributed by atoms with Gasteiger partial charge in [0.1, 0.15) is 0 Å². The van der Waals surface area contributed by atoms with E-state index in [4.69, 9.17) is 4.74 Å². The van der Waals surface area contributed by atoms with Crippen molar-refractivity contribution in [3.8, 4) is 0 Å². The summed E-state index contributed by atoms with van der Waals surface area (Å²) in [6.45, 7) is 4.86. The van der Waals surface area contributed by atoms with E-state index in [1.807, 2.05) is 0 Å². The predicted molar refractivity (Wildman–Crippen MR) is 310 cm³/mol. The van der Waals surface area contributed by atoms with Crippen LogP contribution in [0.2, 0.25) is 0 Å². The number of hydrogen-bond acceptors (Lipinski definition) is 5. The van der Waals surface area contributed by atoms with E-state index in [2.05, 4.69) is 55.6 Å². The number of unbranched alkanes of at least 4 members (excludes halogenated alkanes) is 42. The maximum absolute atomic E-state index is 12.5. The van der Waals surface area contributed by atoms with Crippen LogP contribution in [0.4, 0.5) is 0 Å². The molecule has 0 aromatic heterocycles. The molecule has 0 aliphatic carbocycles. The Morgan fingerprint density at radius 3 is 1.08 bits per heavy atom. The molecule has 6 heteroatoms. The molecule has 0 rings (SSSR count). The lowest BCUT2D eigenvalue weighted by molar-refractivity contribution is -0.143. The van der Waals surface area contributed by atoms with Crippen LogP contribution in [0.3, 0.4) is 0 Å². The van der Waals surface area contributed by atoms with Crippen molar-refractivity contribution in [1.29, 1.82) is 0 Å². The Morgan fingerprint density at radius 2 is 0.704 bits per heavy atom. The summed E-state index contributed by atoms with van der Waals surface area (Å²) in [4.78, 5) is 24.5. The lowest BCUT2D eigenvalue weighted by Crippen LogP contribution is -2.45. The Hall–Kier alpha value is -1.92. The van der Waals surface area contributed by atoms with Crippen molar-refractivity contribution in [1.82, 2.24) is 5.32 Å². The van der Waals surface area contributed by atoms with Crippen molar-refractivity contribution in [2.24, 2.45) is 0 Å². The van der Waals surface area contributed by atoms with E-state index in [-0.39, 0.29) is 18.5 Å². The molecule has 0 fully saturated rings. The van der Waals surface area contributed by atoms with E-state index in [0.29, 0.717) is 25.9 Å². The normalized spacial score (nSPS) is 12.8. The molecule has 0 heterocycles. The third kappa shape index (κ3) is 57.2. The number of esters is 1. The van der Waals surface area contributed by atoms with Gasteiger partial charge in [0, 0.05) is 12.8 Å². The van der Waals surface area contributed by atoms with Gasteiger partial charge >= 0.3 is 5.97 Å². The molecule has 2 atom stereocenters. The maximum Gasteiger partial charge on any atom is 0.305 e. The average molecular weight is 999 g/mol. The predicted octanol–water partition coefficient (Wildman–Crippen LogP) is 20.0. The van der Waals surface area contributed by atoms with Crippen LogP contribution in [0.15, 0.2) is 36.5 Å². The van der Waals surface area contributed by atoms with Crippen LogP contribution in [0.5, 0.6) is 0 Å². The van der Waals surface area contributed by atoms with Crippen molar-refractivity contribution in [2.75, 3.05) is 13.2 Å². The summed E-state index contributed by atoms with van der Waals surface area (Å²) in [5, 5.41) is 23.3. The van der Waals surface area contributed by atoms with Crippen molar-refractivity contribution >= 4 is 11.9 Å². The number of amides is 1. The molecule has 0 aromatic carbocycles. The van der Waals surface area contributed by atoms with Crippen LogP contribution in [-0.2, 0) is 14.3 Å². The molecule has 1 amide bonds. The number of hydrogen-bond donors (Lipinski definition) is 3. The number of aliphatic hydroxyl groups excluding tert-OH is 2. The fraction of sp³-hybridized carbons (Fsp3) is 0.877. The minimum absolute atomic E-state index is 0.0377. The van der Waals surface area contributed by atoms with Crippen LogP contribution in [0.25, 0.3) is 0 Å². The third-order valence-electron chi connectivity index (χ3n) is 14.7. The highest BCUT2D eigenvalue weighted by Crippen LogP contribution is 2.18. The van der Waals surface area contributed by atoms with Crippen LogP contribution in [0.1, 0.15) is 341 Å². The number of carbonyl (C=O) groups excluding carboxylic acids is 2. The van der Waals surface area contributed by atoms with Gasteiger partial charge in [-0.15, -0.1) is 0 Å². The average Bonchev–Trinajstić information content (AvgIpc) is 3.37. The smallest absolute Gasteiger partial charge is 0.305 e. The Bertz CT molecular complexity index is 1150. The Kier molecular flexibility index (Phi) is 59.0. The second-order valence-electron chi connectivity index (χ2n) is 21.7. The first kappa shape index (κ1) is 69.1. The van der Waals surface area contributed by atoms with Gasteiger partial charge in [0.05, 0.1) is 25.4 Å². The van der Waals surface area contributed by atoms with Crippen molar-refractivity contribution < 1.29 is 24.5 Å². The number of carbonyl (C=O) groups is 2. The molecule has 0 saturated heterocycles. The highest BCUT2D eigenvalue weighted by atomic mass is 16.5. The van der Waals surface area contributed by atoms with Crippen LogP contribution < -0.4 is 5.32 Å². The molecule has 0 saturated carbocycles. The molecule has 0 aromatic rings. The molecule has 2 unspecified atom stereocenters. The SMILES string of the molecule is CCCCCCCCC/C=C\CCCCCCCC(=O)OCC/C=C\C/C=C\CCCCCCCCCCCCCCCCC(=O)NC(CO)C(O)CCCCCCCCCCCCCCCCCCC. The summed E-state index contributed by atoms with van der Waals surface area (Å²) in [6.07, 6.45) is 76.0. The molecule has 0 aliphatic heterocycles. The van der Waals surface area contributed by atoms with Gasteiger partial charge in [-0.2, -0.15) is 0 Å².